The first-order valence-corrected chi connectivity index (χ1v) is 9.25. The van der Waals surface area contributed by atoms with Crippen molar-refractivity contribution in [2.45, 2.75) is 40.2 Å². The van der Waals surface area contributed by atoms with Crippen molar-refractivity contribution in [1.82, 2.24) is 0 Å². The van der Waals surface area contributed by atoms with Crippen LogP contribution in [0.1, 0.15) is 41.8 Å². The summed E-state index contributed by atoms with van der Waals surface area (Å²) < 4.78 is 10.8. The summed E-state index contributed by atoms with van der Waals surface area (Å²) in [6.45, 7) is 7.82. The van der Waals surface area contributed by atoms with E-state index in [1.54, 1.807) is 13.0 Å². The van der Waals surface area contributed by atoms with Crippen molar-refractivity contribution in [1.29, 1.82) is 0 Å². The number of rotatable bonds is 7. The van der Waals surface area contributed by atoms with Gasteiger partial charge in [-0.05, 0) is 57.0 Å². The van der Waals surface area contributed by atoms with E-state index in [0.29, 0.717) is 17.9 Å². The van der Waals surface area contributed by atoms with Gasteiger partial charge in [0.15, 0.2) is 6.10 Å². The van der Waals surface area contributed by atoms with Crippen LogP contribution >= 0.6 is 11.6 Å². The molecule has 1 unspecified atom stereocenters. The molecular weight excluding hydrogens is 366 g/mol. The second-order valence-electron chi connectivity index (χ2n) is 6.19. The Morgan fingerprint density at radius 3 is 2.44 bits per heavy atom. The number of halogens is 1. The van der Waals surface area contributed by atoms with E-state index < -0.39 is 12.1 Å². The largest absolute Gasteiger partial charge is 0.480 e. The number of carbonyl (C=O) groups is 2. The highest BCUT2D eigenvalue weighted by Gasteiger charge is 2.20. The van der Waals surface area contributed by atoms with Gasteiger partial charge in [0.05, 0.1) is 17.2 Å². The minimum absolute atomic E-state index is 0.217. The zero-order valence-electron chi connectivity index (χ0n) is 16.0. The first-order valence-electron chi connectivity index (χ1n) is 8.87. The predicted octanol–water partition coefficient (Wildman–Crippen LogP) is 4.93. The maximum Gasteiger partial charge on any atom is 0.339 e. The number of anilines is 1. The molecule has 0 saturated carbocycles. The number of aryl methyl sites for hydroxylation is 2. The lowest BCUT2D eigenvalue weighted by Crippen LogP contribution is -2.32. The number of hydrogen-bond donors (Lipinski definition) is 1. The van der Waals surface area contributed by atoms with Crippen molar-refractivity contribution in [3.8, 4) is 5.75 Å². The van der Waals surface area contributed by atoms with Gasteiger partial charge in [-0.1, -0.05) is 36.2 Å². The van der Waals surface area contributed by atoms with Gasteiger partial charge < -0.3 is 14.8 Å². The molecule has 2 aromatic carbocycles. The lowest BCUT2D eigenvalue weighted by atomic mass is 10.1. The molecular formula is C21H24ClNO4. The molecule has 0 saturated heterocycles. The molecule has 0 aliphatic carbocycles. The molecule has 6 heteroatoms. The number of carbonyl (C=O) groups excluding carboxylic acids is 2. The highest BCUT2D eigenvalue weighted by Crippen LogP contribution is 2.24. The van der Waals surface area contributed by atoms with E-state index in [0.717, 1.165) is 11.1 Å². The Bertz CT molecular complexity index is 835. The summed E-state index contributed by atoms with van der Waals surface area (Å²) in [7, 11) is 0. The Labute approximate surface area is 164 Å². The van der Waals surface area contributed by atoms with Crippen LogP contribution in [0.5, 0.6) is 5.75 Å². The van der Waals surface area contributed by atoms with Crippen molar-refractivity contribution in [3.63, 3.8) is 0 Å². The second-order valence-corrected chi connectivity index (χ2v) is 6.60. The Morgan fingerprint density at radius 2 is 1.85 bits per heavy atom. The number of amides is 1. The van der Waals surface area contributed by atoms with Gasteiger partial charge in [0.2, 0.25) is 0 Å². The maximum absolute atomic E-state index is 12.6. The summed E-state index contributed by atoms with van der Waals surface area (Å²) in [5, 5.41) is 3.00. The fourth-order valence-corrected chi connectivity index (χ4v) is 2.85. The van der Waals surface area contributed by atoms with Crippen molar-refractivity contribution < 1.29 is 19.1 Å². The molecule has 0 aliphatic rings. The molecule has 1 amide bonds. The van der Waals surface area contributed by atoms with Crippen LogP contribution in [0.3, 0.4) is 0 Å². The molecule has 2 rings (SSSR count). The van der Waals surface area contributed by atoms with E-state index in [1.807, 2.05) is 39.0 Å². The van der Waals surface area contributed by atoms with Crippen LogP contribution in [0.4, 0.5) is 5.69 Å². The molecule has 0 spiro atoms. The third kappa shape index (κ3) is 5.47. The number of esters is 1. The average Bonchev–Trinajstić information content (AvgIpc) is 2.61. The SMILES string of the molecule is CCOC(=O)c1ccc(NC(=O)C(CC)Oc2ccc(C)cc2C)cc1Cl. The van der Waals surface area contributed by atoms with Crippen molar-refractivity contribution in [2.75, 3.05) is 11.9 Å². The Morgan fingerprint density at radius 1 is 1.11 bits per heavy atom. The summed E-state index contributed by atoms with van der Waals surface area (Å²) in [4.78, 5) is 24.4. The highest BCUT2D eigenvalue weighted by molar-refractivity contribution is 6.34. The topological polar surface area (TPSA) is 64.6 Å². The van der Waals surface area contributed by atoms with Gasteiger partial charge >= 0.3 is 5.97 Å². The molecule has 144 valence electrons. The third-order valence-electron chi connectivity index (χ3n) is 3.99. The standard InChI is InChI=1S/C21H24ClNO4/c1-5-18(27-19-10-7-13(3)11-14(19)4)20(24)23-15-8-9-16(17(22)12-15)21(25)26-6-2/h7-12,18H,5-6H2,1-4H3,(H,23,24). The number of ether oxygens (including phenoxy) is 2. The summed E-state index contributed by atoms with van der Waals surface area (Å²) in [5.41, 5.74) is 2.85. The molecule has 2 aromatic rings. The first kappa shape index (κ1) is 20.8. The number of benzene rings is 2. The van der Waals surface area contributed by atoms with E-state index in [9.17, 15) is 9.59 Å². The van der Waals surface area contributed by atoms with Crippen molar-refractivity contribution >= 4 is 29.2 Å². The molecule has 0 bridgehead atoms. The number of nitrogens with one attached hydrogen (secondary N) is 1. The lowest BCUT2D eigenvalue weighted by molar-refractivity contribution is -0.122. The first-order chi connectivity index (χ1) is 12.8. The molecule has 27 heavy (non-hydrogen) atoms. The van der Waals surface area contributed by atoms with Gasteiger partial charge in [0, 0.05) is 5.69 Å². The maximum atomic E-state index is 12.6. The predicted molar refractivity (Wildman–Crippen MR) is 107 cm³/mol. The smallest absolute Gasteiger partial charge is 0.339 e. The molecule has 0 fully saturated rings. The molecule has 0 aliphatic heterocycles. The fraction of sp³-hybridized carbons (Fsp3) is 0.333. The van der Waals surface area contributed by atoms with Gasteiger partial charge in [0.1, 0.15) is 5.75 Å². The van der Waals surface area contributed by atoms with Crippen molar-refractivity contribution in [2.24, 2.45) is 0 Å². The Balaban J connectivity index is 2.10. The molecule has 0 aromatic heterocycles. The van der Waals surface area contributed by atoms with Crippen LogP contribution in [0, 0.1) is 13.8 Å². The fourth-order valence-electron chi connectivity index (χ4n) is 2.60. The third-order valence-corrected chi connectivity index (χ3v) is 4.31. The molecule has 1 atom stereocenters. The normalized spacial score (nSPS) is 11.6. The molecule has 5 nitrogen and oxygen atoms in total. The van der Waals surface area contributed by atoms with Crippen LogP contribution in [0.25, 0.3) is 0 Å². The molecule has 0 radical (unpaired) electrons. The van der Waals surface area contributed by atoms with Gasteiger partial charge in [-0.2, -0.15) is 0 Å². The van der Waals surface area contributed by atoms with Crippen LogP contribution < -0.4 is 10.1 Å². The van der Waals surface area contributed by atoms with E-state index >= 15 is 0 Å². The van der Waals surface area contributed by atoms with Gasteiger partial charge in [-0.25, -0.2) is 4.79 Å². The number of hydrogen-bond acceptors (Lipinski definition) is 4. The minimum atomic E-state index is -0.644. The molecule has 1 N–H and O–H groups in total. The van der Waals surface area contributed by atoms with Gasteiger partial charge in [-0.3, -0.25) is 4.79 Å². The van der Waals surface area contributed by atoms with E-state index in [2.05, 4.69) is 5.32 Å². The zero-order chi connectivity index (χ0) is 20.0. The highest BCUT2D eigenvalue weighted by atomic mass is 35.5. The van der Waals surface area contributed by atoms with Gasteiger partial charge in [-0.15, -0.1) is 0 Å². The van der Waals surface area contributed by atoms with E-state index in [4.69, 9.17) is 21.1 Å². The zero-order valence-corrected chi connectivity index (χ0v) is 16.7. The van der Waals surface area contributed by atoms with Crippen molar-refractivity contribution in [3.05, 3.63) is 58.1 Å². The minimum Gasteiger partial charge on any atom is -0.480 e. The second kappa shape index (κ2) is 9.42. The molecule has 0 heterocycles. The van der Waals surface area contributed by atoms with Crippen LogP contribution in [-0.4, -0.2) is 24.6 Å². The summed E-state index contributed by atoms with van der Waals surface area (Å²) in [5.74, 6) is -0.0966. The van der Waals surface area contributed by atoms with E-state index in [1.165, 1.54) is 12.1 Å². The quantitative estimate of drug-likeness (QED) is 0.682. The van der Waals surface area contributed by atoms with E-state index in [-0.39, 0.29) is 23.1 Å². The van der Waals surface area contributed by atoms with Crippen LogP contribution in [0.15, 0.2) is 36.4 Å². The summed E-state index contributed by atoms with van der Waals surface area (Å²) >= 11 is 6.14. The van der Waals surface area contributed by atoms with Crippen LogP contribution in [-0.2, 0) is 9.53 Å². The Kier molecular flexibility index (Phi) is 7.25. The van der Waals surface area contributed by atoms with Crippen LogP contribution in [0.2, 0.25) is 5.02 Å². The van der Waals surface area contributed by atoms with Gasteiger partial charge in [0.25, 0.3) is 5.91 Å². The monoisotopic (exact) mass is 389 g/mol. The lowest BCUT2D eigenvalue weighted by Gasteiger charge is -2.19. The Hall–Kier alpha value is -2.53. The summed E-state index contributed by atoms with van der Waals surface area (Å²) in [6.07, 6.45) is -0.136. The average molecular weight is 390 g/mol. The summed E-state index contributed by atoms with van der Waals surface area (Å²) in [6, 6.07) is 10.5.